The third-order valence-corrected chi connectivity index (χ3v) is 5.39. The molecular weight excluding hydrogens is 276 g/mol. The summed E-state index contributed by atoms with van der Waals surface area (Å²) in [6.45, 7) is 8.78. The van der Waals surface area contributed by atoms with Crippen molar-refractivity contribution in [2.24, 2.45) is 0 Å². The molecule has 2 atom stereocenters. The van der Waals surface area contributed by atoms with Crippen LogP contribution >= 0.6 is 0 Å². The maximum Gasteiger partial charge on any atom is 0.223 e. The second kappa shape index (κ2) is 6.29. The Morgan fingerprint density at radius 3 is 3.05 bits per heavy atom. The van der Waals surface area contributed by atoms with Crippen molar-refractivity contribution < 1.29 is 9.21 Å². The molecule has 2 saturated heterocycles. The van der Waals surface area contributed by atoms with Crippen LogP contribution in [0, 0.1) is 0 Å². The molecule has 0 aromatic carbocycles. The van der Waals surface area contributed by atoms with Gasteiger partial charge in [-0.25, -0.2) is 0 Å². The highest BCUT2D eigenvalue weighted by Crippen LogP contribution is 2.43. The quantitative estimate of drug-likeness (QED) is 0.784. The van der Waals surface area contributed by atoms with Gasteiger partial charge in [0.1, 0.15) is 0 Å². The summed E-state index contributed by atoms with van der Waals surface area (Å²) >= 11 is 0. The summed E-state index contributed by atoms with van der Waals surface area (Å²) in [4.78, 5) is 17.0. The largest absolute Gasteiger partial charge is 0.472 e. The summed E-state index contributed by atoms with van der Waals surface area (Å²) in [7, 11) is 0. The van der Waals surface area contributed by atoms with Crippen molar-refractivity contribution in [2.75, 3.05) is 13.1 Å². The van der Waals surface area contributed by atoms with Gasteiger partial charge in [-0.15, -0.1) is 6.58 Å². The summed E-state index contributed by atoms with van der Waals surface area (Å²) in [5, 5.41) is 0. The minimum absolute atomic E-state index is 0.00199. The highest BCUT2D eigenvalue weighted by atomic mass is 16.3. The number of rotatable bonds is 5. The van der Waals surface area contributed by atoms with Crippen molar-refractivity contribution in [2.45, 2.75) is 57.2 Å². The number of piperidine rings is 1. The molecule has 2 fully saturated rings. The van der Waals surface area contributed by atoms with Crippen LogP contribution in [0.2, 0.25) is 0 Å². The molecule has 0 bridgehead atoms. The van der Waals surface area contributed by atoms with Gasteiger partial charge in [0, 0.05) is 31.1 Å². The molecule has 3 rings (SSSR count). The Balaban J connectivity index is 1.86. The number of carbonyl (C=O) groups is 1. The Hall–Kier alpha value is -1.55. The Labute approximate surface area is 132 Å². The highest BCUT2D eigenvalue weighted by molar-refractivity contribution is 5.80. The van der Waals surface area contributed by atoms with Crippen molar-refractivity contribution in [3.05, 3.63) is 36.8 Å². The lowest BCUT2D eigenvalue weighted by Gasteiger charge is -2.52. The number of likely N-dealkylation sites (tertiary alicyclic amines) is 2. The monoisotopic (exact) mass is 302 g/mol. The van der Waals surface area contributed by atoms with E-state index in [1.165, 1.54) is 5.56 Å². The van der Waals surface area contributed by atoms with Gasteiger partial charge < -0.3 is 9.32 Å². The lowest BCUT2D eigenvalue weighted by atomic mass is 9.77. The van der Waals surface area contributed by atoms with Gasteiger partial charge in [-0.3, -0.25) is 9.69 Å². The molecule has 0 aliphatic carbocycles. The molecule has 3 heterocycles. The number of hydrogen-bond acceptors (Lipinski definition) is 3. The fourth-order valence-electron chi connectivity index (χ4n) is 4.56. The molecule has 1 spiro atoms. The molecular formula is C18H26N2O2. The fourth-order valence-corrected chi connectivity index (χ4v) is 4.56. The molecule has 2 aliphatic heterocycles. The minimum Gasteiger partial charge on any atom is -0.472 e. The maximum atomic E-state index is 12.4. The Kier molecular flexibility index (Phi) is 4.39. The van der Waals surface area contributed by atoms with Crippen LogP contribution in [0.1, 0.15) is 44.6 Å². The molecule has 1 amide bonds. The second-order valence-corrected chi connectivity index (χ2v) is 6.53. The van der Waals surface area contributed by atoms with Gasteiger partial charge in [-0.2, -0.15) is 0 Å². The lowest BCUT2D eigenvalue weighted by Crippen LogP contribution is -2.62. The van der Waals surface area contributed by atoms with E-state index in [0.29, 0.717) is 24.9 Å². The Morgan fingerprint density at radius 2 is 2.36 bits per heavy atom. The van der Waals surface area contributed by atoms with Crippen molar-refractivity contribution in [3.63, 3.8) is 0 Å². The highest BCUT2D eigenvalue weighted by Gasteiger charge is 2.52. The first-order valence-electron chi connectivity index (χ1n) is 8.38. The fraction of sp³-hybridized carbons (Fsp3) is 0.611. The second-order valence-electron chi connectivity index (χ2n) is 6.53. The Bertz CT molecular complexity index is 525. The molecule has 120 valence electrons. The number of carbonyl (C=O) groups excluding carboxylic acids is 1. The number of nitrogens with zero attached hydrogens (tertiary/aromatic N) is 2. The first-order chi connectivity index (χ1) is 10.7. The van der Waals surface area contributed by atoms with E-state index >= 15 is 0 Å². The third-order valence-electron chi connectivity index (χ3n) is 5.39. The van der Waals surface area contributed by atoms with Crippen molar-refractivity contribution in [1.82, 2.24) is 9.80 Å². The smallest absolute Gasteiger partial charge is 0.223 e. The average molecular weight is 302 g/mol. The summed E-state index contributed by atoms with van der Waals surface area (Å²) < 4.78 is 5.21. The van der Waals surface area contributed by atoms with Gasteiger partial charge in [0.05, 0.1) is 18.1 Å². The topological polar surface area (TPSA) is 36.7 Å². The number of amides is 1. The van der Waals surface area contributed by atoms with Crippen LogP contribution in [-0.4, -0.2) is 40.4 Å². The first-order valence-corrected chi connectivity index (χ1v) is 8.38. The molecule has 22 heavy (non-hydrogen) atoms. The third kappa shape index (κ3) is 2.50. The SMILES string of the molecule is C=CCN1C(=O)CC[C@]12CCCN(Cc1ccoc1)[C@H]2CC. The van der Waals surface area contributed by atoms with Gasteiger partial charge >= 0.3 is 0 Å². The van der Waals surface area contributed by atoms with E-state index in [-0.39, 0.29) is 5.54 Å². The van der Waals surface area contributed by atoms with Crippen LogP contribution in [0.3, 0.4) is 0 Å². The minimum atomic E-state index is 0.00199. The van der Waals surface area contributed by atoms with Crippen molar-refractivity contribution in [1.29, 1.82) is 0 Å². The van der Waals surface area contributed by atoms with Crippen molar-refractivity contribution in [3.8, 4) is 0 Å². The van der Waals surface area contributed by atoms with E-state index in [9.17, 15) is 4.79 Å². The zero-order valence-electron chi connectivity index (χ0n) is 13.5. The molecule has 0 N–H and O–H groups in total. The predicted octanol–water partition coefficient (Wildman–Crippen LogP) is 3.20. The van der Waals surface area contributed by atoms with E-state index in [1.54, 1.807) is 6.26 Å². The summed E-state index contributed by atoms with van der Waals surface area (Å²) in [6.07, 6.45) is 10.4. The molecule has 1 aromatic rings. The molecule has 0 radical (unpaired) electrons. The van der Waals surface area contributed by atoms with E-state index < -0.39 is 0 Å². The van der Waals surface area contributed by atoms with Crippen LogP contribution in [0.25, 0.3) is 0 Å². The summed E-state index contributed by atoms with van der Waals surface area (Å²) in [5.74, 6) is 0.295. The van der Waals surface area contributed by atoms with Crippen LogP contribution in [0.5, 0.6) is 0 Å². The van der Waals surface area contributed by atoms with E-state index in [4.69, 9.17) is 4.42 Å². The van der Waals surface area contributed by atoms with Gasteiger partial charge in [0.25, 0.3) is 0 Å². The standard InChI is InChI=1S/C18H26N2O2/c1-3-10-20-17(21)6-9-18(20)8-5-11-19(16(18)4-2)13-15-7-12-22-14-15/h3,7,12,14,16H,1,4-6,8-11,13H2,2H3/t16-,18-/m0/s1. The lowest BCUT2D eigenvalue weighted by molar-refractivity contribution is -0.134. The molecule has 0 unspecified atom stereocenters. The molecule has 1 aromatic heterocycles. The Morgan fingerprint density at radius 1 is 1.50 bits per heavy atom. The van der Waals surface area contributed by atoms with Gasteiger partial charge in [0.15, 0.2) is 0 Å². The summed E-state index contributed by atoms with van der Waals surface area (Å²) in [6, 6.07) is 2.46. The van der Waals surface area contributed by atoms with Gasteiger partial charge in [0.2, 0.25) is 5.91 Å². The van der Waals surface area contributed by atoms with Crippen LogP contribution < -0.4 is 0 Å². The zero-order chi connectivity index (χ0) is 15.6. The van der Waals surface area contributed by atoms with E-state index in [0.717, 1.165) is 38.8 Å². The zero-order valence-corrected chi connectivity index (χ0v) is 13.5. The van der Waals surface area contributed by atoms with Crippen LogP contribution in [0.4, 0.5) is 0 Å². The molecule has 4 nitrogen and oxygen atoms in total. The average Bonchev–Trinajstić information content (AvgIpc) is 3.12. The number of furan rings is 1. The molecule has 0 saturated carbocycles. The van der Waals surface area contributed by atoms with E-state index in [2.05, 4.69) is 23.3 Å². The number of hydrogen-bond donors (Lipinski definition) is 0. The normalized spacial score (nSPS) is 29.4. The van der Waals surface area contributed by atoms with Crippen molar-refractivity contribution >= 4 is 5.91 Å². The predicted molar refractivity (Wildman–Crippen MR) is 86.3 cm³/mol. The van der Waals surface area contributed by atoms with Gasteiger partial charge in [-0.1, -0.05) is 13.0 Å². The summed E-state index contributed by atoms with van der Waals surface area (Å²) in [5.41, 5.74) is 1.22. The van der Waals surface area contributed by atoms with Gasteiger partial charge in [-0.05, 0) is 38.3 Å². The first kappa shape index (κ1) is 15.3. The van der Waals surface area contributed by atoms with E-state index in [1.807, 2.05) is 18.4 Å². The van der Waals surface area contributed by atoms with Crippen LogP contribution in [-0.2, 0) is 11.3 Å². The maximum absolute atomic E-state index is 12.4. The molecule has 2 aliphatic rings. The van der Waals surface area contributed by atoms with Crippen LogP contribution in [0.15, 0.2) is 35.7 Å². The molecule has 4 heteroatoms.